The first-order valence-electron chi connectivity index (χ1n) is 10.4. The minimum atomic E-state index is -0.645. The molecule has 29 heavy (non-hydrogen) atoms. The van der Waals surface area contributed by atoms with Gasteiger partial charge in [0.05, 0.1) is 6.10 Å². The highest BCUT2D eigenvalue weighted by molar-refractivity contribution is 14.1. The average Bonchev–Trinajstić information content (AvgIpc) is 2.76. The summed E-state index contributed by atoms with van der Waals surface area (Å²) in [6.45, 7) is 0. The average molecular weight is 494 g/mol. The van der Waals surface area contributed by atoms with E-state index in [1.165, 1.54) is 19.3 Å². The van der Waals surface area contributed by atoms with Crippen LogP contribution in [0.3, 0.4) is 0 Å². The Morgan fingerprint density at radius 2 is 1.24 bits per heavy atom. The van der Waals surface area contributed by atoms with E-state index in [9.17, 15) is 0 Å². The van der Waals surface area contributed by atoms with E-state index in [1.807, 2.05) is 0 Å². The van der Waals surface area contributed by atoms with Crippen LogP contribution in [0.15, 0.2) is 101 Å². The Kier molecular flexibility index (Phi) is 6.83. The normalized spacial score (nSPS) is 15.9. The molecule has 1 fully saturated rings. The molecule has 148 valence electrons. The Balaban J connectivity index is 1.87. The molecule has 1 atom stereocenters. The van der Waals surface area contributed by atoms with Gasteiger partial charge in [-0.3, -0.25) is 0 Å². The maximum Gasteiger partial charge on any atom is 0.144 e. The van der Waals surface area contributed by atoms with E-state index in [0.717, 1.165) is 29.0 Å². The molecule has 1 aliphatic rings. The van der Waals surface area contributed by atoms with Crippen molar-refractivity contribution in [2.75, 3.05) is 0 Å². The predicted octanol–water partition coefficient (Wildman–Crippen LogP) is 7.50. The fourth-order valence-electron chi connectivity index (χ4n) is 4.25. The van der Waals surface area contributed by atoms with Crippen LogP contribution in [0, 0.1) is 5.92 Å². The molecular weight excluding hydrogens is 467 g/mol. The van der Waals surface area contributed by atoms with Crippen LogP contribution in [-0.2, 0) is 10.3 Å². The summed E-state index contributed by atoms with van der Waals surface area (Å²) in [6, 6.07) is 32.0. The van der Waals surface area contributed by atoms with E-state index >= 15 is 0 Å². The van der Waals surface area contributed by atoms with Gasteiger partial charge in [0.25, 0.3) is 0 Å². The largest absolute Gasteiger partial charge is 0.354 e. The van der Waals surface area contributed by atoms with Crippen molar-refractivity contribution in [3.8, 4) is 0 Å². The molecule has 3 aromatic carbocycles. The van der Waals surface area contributed by atoms with Gasteiger partial charge in [0.2, 0.25) is 0 Å². The third-order valence-corrected chi connectivity index (χ3v) is 6.36. The van der Waals surface area contributed by atoms with Crippen LogP contribution in [-0.4, -0.2) is 6.10 Å². The van der Waals surface area contributed by atoms with Crippen molar-refractivity contribution < 1.29 is 4.74 Å². The standard InChI is InChI=1S/C27H27IO/c28-20-19-26(21-22-11-10-12-22)29-27(23-13-4-1-5-14-23,24-15-6-2-7-16-24)25-17-8-3-9-18-25/h1-9,13-20,22,26H,10-12,21H2/b20-19+. The van der Waals surface area contributed by atoms with Gasteiger partial charge >= 0.3 is 0 Å². The van der Waals surface area contributed by atoms with Gasteiger partial charge in [-0.25, -0.2) is 0 Å². The van der Waals surface area contributed by atoms with Crippen molar-refractivity contribution in [2.45, 2.75) is 37.4 Å². The summed E-state index contributed by atoms with van der Waals surface area (Å²) < 4.78 is 9.26. The molecule has 1 aliphatic carbocycles. The molecular formula is C27H27IO. The number of hydrogen-bond acceptors (Lipinski definition) is 1. The van der Waals surface area contributed by atoms with Crippen molar-refractivity contribution in [1.82, 2.24) is 0 Å². The fourth-order valence-corrected chi connectivity index (χ4v) is 4.72. The van der Waals surface area contributed by atoms with Crippen LogP contribution in [0.2, 0.25) is 0 Å². The second kappa shape index (κ2) is 9.73. The molecule has 4 rings (SSSR count). The summed E-state index contributed by atoms with van der Waals surface area (Å²) in [5.74, 6) is 0.771. The molecule has 0 radical (unpaired) electrons. The summed E-state index contributed by atoms with van der Waals surface area (Å²) in [6.07, 6.45) is 7.37. The van der Waals surface area contributed by atoms with E-state index in [-0.39, 0.29) is 6.10 Å². The minimum Gasteiger partial charge on any atom is -0.354 e. The zero-order valence-corrected chi connectivity index (χ0v) is 18.7. The molecule has 1 saturated carbocycles. The Morgan fingerprint density at radius 3 is 1.59 bits per heavy atom. The lowest BCUT2D eigenvalue weighted by Gasteiger charge is -2.40. The topological polar surface area (TPSA) is 9.23 Å². The second-order valence-corrected chi connectivity index (χ2v) is 8.51. The van der Waals surface area contributed by atoms with Gasteiger partial charge in [-0.15, -0.1) is 0 Å². The number of benzene rings is 3. The fraction of sp³-hybridized carbons (Fsp3) is 0.259. The quantitative estimate of drug-likeness (QED) is 0.233. The van der Waals surface area contributed by atoms with E-state index in [0.29, 0.717) is 0 Å². The summed E-state index contributed by atoms with van der Waals surface area (Å²) in [7, 11) is 0. The molecule has 0 aromatic heterocycles. The number of ether oxygens (including phenoxy) is 1. The first-order valence-corrected chi connectivity index (χ1v) is 11.7. The number of rotatable bonds is 8. The van der Waals surface area contributed by atoms with Gasteiger partial charge in [-0.1, -0.05) is 133 Å². The SMILES string of the molecule is I/C=C/C(CC1CCC1)OC(c1ccccc1)(c1ccccc1)c1ccccc1. The van der Waals surface area contributed by atoms with Gasteiger partial charge in [0.15, 0.2) is 0 Å². The molecule has 0 heterocycles. The monoisotopic (exact) mass is 494 g/mol. The van der Waals surface area contributed by atoms with Crippen LogP contribution < -0.4 is 0 Å². The summed E-state index contributed by atoms with van der Waals surface area (Å²) >= 11 is 2.31. The van der Waals surface area contributed by atoms with Gasteiger partial charge in [-0.05, 0) is 39.2 Å². The van der Waals surface area contributed by atoms with E-state index < -0.39 is 5.60 Å². The van der Waals surface area contributed by atoms with Crippen LogP contribution in [0.1, 0.15) is 42.4 Å². The highest BCUT2D eigenvalue weighted by Gasteiger charge is 2.40. The first kappa shape index (κ1) is 20.4. The lowest BCUT2D eigenvalue weighted by atomic mass is 9.78. The molecule has 0 amide bonds. The Labute approximate surface area is 188 Å². The highest BCUT2D eigenvalue weighted by atomic mass is 127. The zero-order valence-electron chi connectivity index (χ0n) is 16.6. The zero-order chi connectivity index (χ0) is 19.9. The third-order valence-electron chi connectivity index (χ3n) is 5.95. The Hall–Kier alpha value is -1.91. The smallest absolute Gasteiger partial charge is 0.144 e. The molecule has 0 saturated heterocycles. The van der Waals surface area contributed by atoms with Crippen molar-refractivity contribution in [3.05, 3.63) is 118 Å². The summed E-state index contributed by atoms with van der Waals surface area (Å²) in [5, 5.41) is 0. The second-order valence-electron chi connectivity index (χ2n) is 7.79. The van der Waals surface area contributed by atoms with E-state index in [1.54, 1.807) is 0 Å². The van der Waals surface area contributed by atoms with Gasteiger partial charge < -0.3 is 4.74 Å². The first-order chi connectivity index (χ1) is 14.3. The molecule has 1 unspecified atom stereocenters. The summed E-state index contributed by atoms with van der Waals surface area (Å²) in [5.41, 5.74) is 2.85. The lowest BCUT2D eigenvalue weighted by molar-refractivity contribution is -0.0385. The predicted molar refractivity (Wildman–Crippen MR) is 129 cm³/mol. The number of halogens is 1. The van der Waals surface area contributed by atoms with Crippen LogP contribution >= 0.6 is 22.6 Å². The van der Waals surface area contributed by atoms with E-state index in [4.69, 9.17) is 4.74 Å². The third kappa shape index (κ3) is 4.49. The minimum absolute atomic E-state index is 0.0674. The number of hydrogen-bond donors (Lipinski definition) is 0. The maximum absolute atomic E-state index is 7.15. The Morgan fingerprint density at radius 1 is 0.793 bits per heavy atom. The van der Waals surface area contributed by atoms with Crippen LogP contribution in [0.4, 0.5) is 0 Å². The molecule has 2 heteroatoms. The van der Waals surface area contributed by atoms with Crippen molar-refractivity contribution in [1.29, 1.82) is 0 Å². The Bertz CT molecular complexity index is 804. The van der Waals surface area contributed by atoms with Gasteiger partial charge in [0.1, 0.15) is 5.60 Å². The highest BCUT2D eigenvalue weighted by Crippen LogP contribution is 2.43. The van der Waals surface area contributed by atoms with E-state index in [2.05, 4.69) is 124 Å². The van der Waals surface area contributed by atoms with Crippen LogP contribution in [0.25, 0.3) is 0 Å². The molecule has 0 N–H and O–H groups in total. The van der Waals surface area contributed by atoms with Crippen molar-refractivity contribution in [2.24, 2.45) is 5.92 Å². The van der Waals surface area contributed by atoms with Crippen LogP contribution in [0.5, 0.6) is 0 Å². The maximum atomic E-state index is 7.15. The van der Waals surface area contributed by atoms with Gasteiger partial charge in [0, 0.05) is 0 Å². The molecule has 0 spiro atoms. The summed E-state index contributed by atoms with van der Waals surface area (Å²) in [4.78, 5) is 0. The van der Waals surface area contributed by atoms with Crippen molar-refractivity contribution >= 4 is 22.6 Å². The molecule has 0 bridgehead atoms. The lowest BCUT2D eigenvalue weighted by Crippen LogP contribution is -2.37. The molecule has 0 aliphatic heterocycles. The van der Waals surface area contributed by atoms with Gasteiger partial charge in [-0.2, -0.15) is 0 Å². The molecule has 3 aromatic rings. The molecule has 1 nitrogen and oxygen atoms in total. The van der Waals surface area contributed by atoms with Crippen molar-refractivity contribution in [3.63, 3.8) is 0 Å².